The van der Waals surface area contributed by atoms with Crippen molar-refractivity contribution in [3.63, 3.8) is 0 Å². The van der Waals surface area contributed by atoms with E-state index in [9.17, 15) is 14.4 Å². The van der Waals surface area contributed by atoms with Crippen molar-refractivity contribution in [3.8, 4) is 5.75 Å². The fraction of sp³-hybridized carbons (Fsp3) is 0.292. The number of amides is 1. The number of hydrogen-bond donors (Lipinski definition) is 2. The molecule has 0 saturated carbocycles. The molecule has 0 radical (unpaired) electrons. The predicted octanol–water partition coefficient (Wildman–Crippen LogP) is 3.34. The number of esters is 1. The van der Waals surface area contributed by atoms with Crippen molar-refractivity contribution in [1.29, 1.82) is 0 Å². The Bertz CT molecular complexity index is 1060. The van der Waals surface area contributed by atoms with Gasteiger partial charge in [0.15, 0.2) is 5.78 Å². The van der Waals surface area contributed by atoms with Gasteiger partial charge in [-0.2, -0.15) is 0 Å². The molecule has 0 unspecified atom stereocenters. The van der Waals surface area contributed by atoms with E-state index in [-0.39, 0.29) is 17.9 Å². The maximum atomic E-state index is 13.0. The molecule has 2 aromatic carbocycles. The number of carbonyl (C=O) groups is 3. The molecule has 3 rings (SSSR count). The Morgan fingerprint density at radius 3 is 2.65 bits per heavy atom. The second-order valence-electron chi connectivity index (χ2n) is 7.89. The van der Waals surface area contributed by atoms with Crippen molar-refractivity contribution in [2.24, 2.45) is 0 Å². The molecule has 1 aliphatic rings. The van der Waals surface area contributed by atoms with Crippen LogP contribution in [0.5, 0.6) is 5.75 Å². The Balaban J connectivity index is 1.88. The third-order valence-corrected chi connectivity index (χ3v) is 4.85. The van der Waals surface area contributed by atoms with Gasteiger partial charge < -0.3 is 20.1 Å². The van der Waals surface area contributed by atoms with Crippen molar-refractivity contribution in [2.45, 2.75) is 32.7 Å². The Morgan fingerprint density at radius 2 is 1.94 bits per heavy atom. The van der Waals surface area contributed by atoms with Gasteiger partial charge in [-0.15, -0.1) is 0 Å². The molecule has 0 aliphatic carbocycles. The first-order chi connectivity index (χ1) is 14.7. The minimum atomic E-state index is -0.972. The van der Waals surface area contributed by atoms with Gasteiger partial charge in [-0.3, -0.25) is 9.59 Å². The molecule has 0 saturated heterocycles. The molecule has 0 spiro atoms. The highest BCUT2D eigenvalue weighted by Gasteiger charge is 2.28. The highest BCUT2D eigenvalue weighted by molar-refractivity contribution is 6.37. The van der Waals surface area contributed by atoms with Gasteiger partial charge in [0.1, 0.15) is 5.75 Å². The number of rotatable bonds is 5. The number of hydrogen-bond acceptors (Lipinski definition) is 6. The molecule has 7 heteroatoms. The van der Waals surface area contributed by atoms with Gasteiger partial charge in [0.25, 0.3) is 0 Å². The van der Waals surface area contributed by atoms with Gasteiger partial charge in [-0.1, -0.05) is 18.2 Å². The second-order valence-corrected chi connectivity index (χ2v) is 7.89. The fourth-order valence-electron chi connectivity index (χ4n) is 3.50. The quantitative estimate of drug-likeness (QED) is 0.332. The van der Waals surface area contributed by atoms with Crippen LogP contribution in [0, 0.1) is 0 Å². The zero-order chi connectivity index (χ0) is 22.6. The molecule has 1 aliphatic heterocycles. The summed E-state index contributed by atoms with van der Waals surface area (Å²) < 4.78 is 10.0. The first-order valence-corrected chi connectivity index (χ1v) is 10.0. The Hall–Kier alpha value is -3.61. The van der Waals surface area contributed by atoms with E-state index in [4.69, 9.17) is 4.74 Å². The molecule has 31 heavy (non-hydrogen) atoms. The summed E-state index contributed by atoms with van der Waals surface area (Å²) >= 11 is 0. The zero-order valence-corrected chi connectivity index (χ0v) is 18.1. The lowest BCUT2D eigenvalue weighted by Gasteiger charge is -2.35. The standard InChI is InChI=1S/C24H26N2O5/c1-5-31-23(29)22(28)25-17-8-6-7-15(11-17)21(27)13-20-19-12-18(30-4)10-9-16(19)14-24(2,3)26-20/h6-13,26H,5,14H2,1-4H3,(H,25,28). The van der Waals surface area contributed by atoms with E-state index in [0.717, 1.165) is 17.5 Å². The molecular weight excluding hydrogens is 396 g/mol. The topological polar surface area (TPSA) is 93.7 Å². The minimum absolute atomic E-state index is 0.105. The van der Waals surface area contributed by atoms with Crippen LogP contribution < -0.4 is 15.4 Å². The van der Waals surface area contributed by atoms with Gasteiger partial charge in [-0.05, 0) is 57.0 Å². The van der Waals surface area contributed by atoms with Crippen LogP contribution in [0.25, 0.3) is 5.70 Å². The van der Waals surface area contributed by atoms with Crippen LogP contribution in [0.2, 0.25) is 0 Å². The zero-order valence-electron chi connectivity index (χ0n) is 18.1. The molecule has 7 nitrogen and oxygen atoms in total. The predicted molar refractivity (Wildman–Crippen MR) is 118 cm³/mol. The Kier molecular flexibility index (Phi) is 6.44. The fourth-order valence-corrected chi connectivity index (χ4v) is 3.50. The molecule has 162 valence electrons. The number of fused-ring (bicyclic) bond motifs is 1. The molecule has 1 amide bonds. The van der Waals surface area contributed by atoms with Gasteiger partial charge >= 0.3 is 11.9 Å². The van der Waals surface area contributed by atoms with Crippen LogP contribution in [-0.4, -0.2) is 36.9 Å². The van der Waals surface area contributed by atoms with Crippen molar-refractivity contribution >= 4 is 29.0 Å². The average molecular weight is 422 g/mol. The number of benzene rings is 2. The van der Waals surface area contributed by atoms with Crippen LogP contribution in [-0.2, 0) is 20.7 Å². The van der Waals surface area contributed by atoms with Crippen LogP contribution in [0.4, 0.5) is 5.69 Å². The van der Waals surface area contributed by atoms with Gasteiger partial charge in [0, 0.05) is 34.1 Å². The minimum Gasteiger partial charge on any atom is -0.497 e. The molecule has 0 bridgehead atoms. The summed E-state index contributed by atoms with van der Waals surface area (Å²) in [6.45, 7) is 5.87. The molecule has 2 aromatic rings. The summed E-state index contributed by atoms with van der Waals surface area (Å²) in [6, 6.07) is 12.3. The molecular formula is C24H26N2O5. The number of anilines is 1. The van der Waals surface area contributed by atoms with Gasteiger partial charge in [0.2, 0.25) is 0 Å². The summed E-state index contributed by atoms with van der Waals surface area (Å²) in [7, 11) is 1.60. The van der Waals surface area contributed by atoms with E-state index in [1.807, 2.05) is 18.2 Å². The number of allylic oxidation sites excluding steroid dienone is 1. The van der Waals surface area contributed by atoms with E-state index >= 15 is 0 Å². The summed E-state index contributed by atoms with van der Waals surface area (Å²) in [5, 5.41) is 5.88. The van der Waals surface area contributed by atoms with Gasteiger partial charge in [0.05, 0.1) is 13.7 Å². The number of nitrogens with one attached hydrogen (secondary N) is 2. The summed E-state index contributed by atoms with van der Waals surface area (Å²) in [6.07, 6.45) is 2.36. The maximum absolute atomic E-state index is 13.0. The average Bonchev–Trinajstić information content (AvgIpc) is 2.73. The first kappa shape index (κ1) is 22.1. The van der Waals surface area contributed by atoms with Gasteiger partial charge in [-0.25, -0.2) is 4.79 Å². The smallest absolute Gasteiger partial charge is 0.397 e. The number of methoxy groups -OCH3 is 1. The molecule has 0 atom stereocenters. The molecule has 2 N–H and O–H groups in total. The van der Waals surface area contributed by atoms with Crippen LogP contribution >= 0.6 is 0 Å². The summed E-state index contributed by atoms with van der Waals surface area (Å²) in [5.74, 6) is -1.38. The van der Waals surface area contributed by atoms with E-state index in [1.165, 1.54) is 6.07 Å². The second kappa shape index (κ2) is 9.04. The highest BCUT2D eigenvalue weighted by atomic mass is 16.5. The number of ether oxygens (including phenoxy) is 2. The number of ketones is 1. The van der Waals surface area contributed by atoms with Crippen molar-refractivity contribution in [1.82, 2.24) is 5.32 Å². The number of carbonyl (C=O) groups excluding carboxylic acids is 3. The SMILES string of the molecule is CCOC(=O)C(=O)Nc1cccc(C(=O)C=C2NC(C)(C)Cc3ccc(OC)cc32)c1. The third-order valence-electron chi connectivity index (χ3n) is 4.85. The first-order valence-electron chi connectivity index (χ1n) is 10.0. The molecule has 0 aromatic heterocycles. The Labute approximate surface area is 181 Å². The molecule has 1 heterocycles. The van der Waals surface area contributed by atoms with Crippen molar-refractivity contribution in [3.05, 3.63) is 65.2 Å². The largest absolute Gasteiger partial charge is 0.497 e. The monoisotopic (exact) mass is 422 g/mol. The lowest BCUT2D eigenvalue weighted by atomic mass is 9.85. The third kappa shape index (κ3) is 5.31. The normalized spacial score (nSPS) is 15.4. The van der Waals surface area contributed by atoms with Crippen LogP contribution in [0.3, 0.4) is 0 Å². The lowest BCUT2D eigenvalue weighted by molar-refractivity contribution is -0.152. The molecule has 0 fully saturated rings. The van der Waals surface area contributed by atoms with E-state index in [0.29, 0.717) is 22.7 Å². The summed E-state index contributed by atoms with van der Waals surface area (Å²) in [5.41, 5.74) is 3.24. The maximum Gasteiger partial charge on any atom is 0.397 e. The van der Waals surface area contributed by atoms with E-state index in [1.54, 1.807) is 38.3 Å². The Morgan fingerprint density at radius 1 is 1.16 bits per heavy atom. The van der Waals surface area contributed by atoms with Crippen molar-refractivity contribution < 1.29 is 23.9 Å². The van der Waals surface area contributed by atoms with E-state index < -0.39 is 11.9 Å². The van der Waals surface area contributed by atoms with Crippen LogP contribution in [0.15, 0.2) is 48.5 Å². The highest BCUT2D eigenvalue weighted by Crippen LogP contribution is 2.32. The summed E-state index contributed by atoms with van der Waals surface area (Å²) in [4.78, 5) is 36.4. The van der Waals surface area contributed by atoms with Crippen molar-refractivity contribution in [2.75, 3.05) is 19.0 Å². The van der Waals surface area contributed by atoms with E-state index in [2.05, 4.69) is 29.2 Å². The van der Waals surface area contributed by atoms with Crippen LogP contribution in [0.1, 0.15) is 42.3 Å². The lowest BCUT2D eigenvalue weighted by Crippen LogP contribution is -2.43.